The minimum Gasteiger partial charge on any atom is -0.493 e. The maximum atomic E-state index is 10.0. The van der Waals surface area contributed by atoms with Gasteiger partial charge in [-0.05, 0) is 12.8 Å². The van der Waals surface area contributed by atoms with Gasteiger partial charge in [0.25, 0.3) is 0 Å². The maximum Gasteiger partial charge on any atom is 0.212 e. The molecular weight excluding hydrogens is 188 g/mol. The molecule has 3 nitrogen and oxygen atoms in total. The van der Waals surface area contributed by atoms with E-state index in [0.29, 0.717) is 5.88 Å². The smallest absolute Gasteiger partial charge is 0.212 e. The fourth-order valence-corrected chi connectivity index (χ4v) is 1.79. The average Bonchev–Trinajstić information content (AvgIpc) is 2.44. The molecule has 0 fully saturated rings. The van der Waals surface area contributed by atoms with Crippen molar-refractivity contribution >= 4 is 0 Å². The van der Waals surface area contributed by atoms with Crippen molar-refractivity contribution in [3.8, 4) is 5.88 Å². The third-order valence-electron chi connectivity index (χ3n) is 2.52. The molecule has 1 aromatic heterocycles. The molecule has 0 unspecified atom stereocenters. The van der Waals surface area contributed by atoms with Crippen LogP contribution >= 0.6 is 0 Å². The van der Waals surface area contributed by atoms with E-state index in [1.165, 1.54) is 0 Å². The Labute approximate surface area is 92.1 Å². The number of aromatic hydroxyl groups is 1. The number of nitrogens with zero attached hydrogens (tertiary/aromatic N) is 2. The molecule has 0 saturated heterocycles. The third kappa shape index (κ3) is 2.33. The first-order valence-corrected chi connectivity index (χ1v) is 5.70. The monoisotopic (exact) mass is 210 g/mol. The van der Waals surface area contributed by atoms with Gasteiger partial charge in [-0.2, -0.15) is 5.10 Å². The molecule has 0 bridgehead atoms. The van der Waals surface area contributed by atoms with Crippen molar-refractivity contribution < 1.29 is 5.11 Å². The highest BCUT2D eigenvalue weighted by Crippen LogP contribution is 2.31. The van der Waals surface area contributed by atoms with Crippen LogP contribution in [-0.2, 0) is 18.4 Å². The van der Waals surface area contributed by atoms with Gasteiger partial charge in [-0.1, -0.05) is 34.6 Å². The average molecular weight is 210 g/mol. The second kappa shape index (κ2) is 4.25. The minimum atomic E-state index is 0.00180. The zero-order chi connectivity index (χ0) is 11.6. The predicted octanol–water partition coefficient (Wildman–Crippen LogP) is 2.86. The fourth-order valence-electron chi connectivity index (χ4n) is 1.79. The summed E-state index contributed by atoms with van der Waals surface area (Å²) >= 11 is 0. The van der Waals surface area contributed by atoms with Gasteiger partial charge in [0, 0.05) is 17.5 Å². The highest BCUT2D eigenvalue weighted by Gasteiger charge is 2.25. The van der Waals surface area contributed by atoms with Crippen LogP contribution in [0.1, 0.15) is 52.3 Å². The first-order valence-electron chi connectivity index (χ1n) is 5.70. The molecule has 0 aromatic carbocycles. The van der Waals surface area contributed by atoms with Crippen molar-refractivity contribution in [1.82, 2.24) is 9.78 Å². The Balaban J connectivity index is 3.22. The molecule has 3 heteroatoms. The maximum absolute atomic E-state index is 10.0. The van der Waals surface area contributed by atoms with Crippen LogP contribution in [0.3, 0.4) is 0 Å². The van der Waals surface area contributed by atoms with E-state index in [1.807, 2.05) is 0 Å². The van der Waals surface area contributed by atoms with E-state index in [4.69, 9.17) is 0 Å². The van der Waals surface area contributed by atoms with Crippen LogP contribution in [-0.4, -0.2) is 14.9 Å². The Morgan fingerprint density at radius 3 is 2.20 bits per heavy atom. The summed E-state index contributed by atoms with van der Waals surface area (Å²) in [4.78, 5) is 0. The van der Waals surface area contributed by atoms with E-state index in [2.05, 4.69) is 39.7 Å². The Bertz CT molecular complexity index is 334. The first-order chi connectivity index (χ1) is 6.91. The zero-order valence-electron chi connectivity index (χ0n) is 10.5. The van der Waals surface area contributed by atoms with Crippen molar-refractivity contribution in [3.05, 3.63) is 11.3 Å². The molecule has 1 heterocycles. The lowest BCUT2D eigenvalue weighted by Gasteiger charge is -2.16. The van der Waals surface area contributed by atoms with E-state index in [0.717, 1.165) is 30.6 Å². The summed E-state index contributed by atoms with van der Waals surface area (Å²) in [6.07, 6.45) is 1.82. The quantitative estimate of drug-likeness (QED) is 0.833. The second-order valence-corrected chi connectivity index (χ2v) is 4.98. The Morgan fingerprint density at radius 2 is 1.87 bits per heavy atom. The Morgan fingerprint density at radius 1 is 1.27 bits per heavy atom. The van der Waals surface area contributed by atoms with Gasteiger partial charge in [0.2, 0.25) is 5.88 Å². The molecule has 0 amide bonds. The Hall–Kier alpha value is -0.990. The summed E-state index contributed by atoms with van der Waals surface area (Å²) in [5.41, 5.74) is 2.02. The van der Waals surface area contributed by atoms with E-state index < -0.39 is 0 Å². The normalized spacial score (nSPS) is 12.1. The molecule has 1 aromatic rings. The predicted molar refractivity (Wildman–Crippen MR) is 62.3 cm³/mol. The summed E-state index contributed by atoms with van der Waals surface area (Å²) in [5.74, 6) is 0.351. The molecule has 0 aliphatic rings. The van der Waals surface area contributed by atoms with Gasteiger partial charge < -0.3 is 5.11 Å². The van der Waals surface area contributed by atoms with Crippen molar-refractivity contribution in [3.63, 3.8) is 0 Å². The van der Waals surface area contributed by atoms with Crippen LogP contribution in [0.5, 0.6) is 5.88 Å². The molecule has 1 rings (SSSR count). The van der Waals surface area contributed by atoms with Crippen LogP contribution in [0.25, 0.3) is 0 Å². The lowest BCUT2D eigenvalue weighted by Crippen LogP contribution is -2.14. The summed E-state index contributed by atoms with van der Waals surface area (Å²) < 4.78 is 1.72. The molecule has 0 saturated carbocycles. The van der Waals surface area contributed by atoms with Gasteiger partial charge in [-0.25, -0.2) is 4.68 Å². The SMILES string of the molecule is CCCn1nc(C(C)(C)C)c(CC)c1O. The van der Waals surface area contributed by atoms with Crippen LogP contribution in [0.2, 0.25) is 0 Å². The van der Waals surface area contributed by atoms with Gasteiger partial charge in [0.05, 0.1) is 5.69 Å². The lowest BCUT2D eigenvalue weighted by atomic mass is 9.89. The zero-order valence-corrected chi connectivity index (χ0v) is 10.5. The van der Waals surface area contributed by atoms with Gasteiger partial charge in [-0.15, -0.1) is 0 Å². The van der Waals surface area contributed by atoms with Crippen molar-refractivity contribution in [2.24, 2.45) is 0 Å². The van der Waals surface area contributed by atoms with Crippen LogP contribution in [0.4, 0.5) is 0 Å². The van der Waals surface area contributed by atoms with Gasteiger partial charge in [0.1, 0.15) is 0 Å². The topological polar surface area (TPSA) is 38.0 Å². The molecule has 15 heavy (non-hydrogen) atoms. The van der Waals surface area contributed by atoms with Gasteiger partial charge >= 0.3 is 0 Å². The molecular formula is C12H22N2O. The summed E-state index contributed by atoms with van der Waals surface area (Å²) in [7, 11) is 0. The molecule has 1 N–H and O–H groups in total. The summed E-state index contributed by atoms with van der Waals surface area (Å²) in [6.45, 7) is 11.3. The number of hydrogen-bond acceptors (Lipinski definition) is 2. The summed E-state index contributed by atoms with van der Waals surface area (Å²) in [6, 6.07) is 0. The van der Waals surface area contributed by atoms with Crippen molar-refractivity contribution in [1.29, 1.82) is 0 Å². The number of rotatable bonds is 3. The van der Waals surface area contributed by atoms with Crippen molar-refractivity contribution in [2.75, 3.05) is 0 Å². The highest BCUT2D eigenvalue weighted by molar-refractivity contribution is 5.34. The highest BCUT2D eigenvalue weighted by atomic mass is 16.3. The van der Waals surface area contributed by atoms with Crippen LogP contribution < -0.4 is 0 Å². The largest absolute Gasteiger partial charge is 0.493 e. The Kier molecular flexibility index (Phi) is 3.42. The molecule has 0 aliphatic heterocycles. The fraction of sp³-hybridized carbons (Fsp3) is 0.750. The molecule has 0 spiro atoms. The molecule has 0 aliphatic carbocycles. The van der Waals surface area contributed by atoms with E-state index in [-0.39, 0.29) is 5.41 Å². The van der Waals surface area contributed by atoms with E-state index >= 15 is 0 Å². The van der Waals surface area contributed by atoms with Crippen LogP contribution in [0, 0.1) is 0 Å². The minimum absolute atomic E-state index is 0.00180. The standard InChI is InChI=1S/C12H22N2O/c1-6-8-14-11(15)9(7-2)10(13-14)12(3,4)5/h15H,6-8H2,1-5H3. The third-order valence-corrected chi connectivity index (χ3v) is 2.52. The molecule has 0 atom stereocenters. The van der Waals surface area contributed by atoms with Gasteiger partial charge in [-0.3, -0.25) is 0 Å². The van der Waals surface area contributed by atoms with Crippen LogP contribution in [0.15, 0.2) is 0 Å². The second-order valence-electron chi connectivity index (χ2n) is 4.98. The molecule has 0 radical (unpaired) electrons. The number of aryl methyl sites for hydroxylation is 1. The number of aromatic nitrogens is 2. The van der Waals surface area contributed by atoms with Crippen molar-refractivity contribution in [2.45, 2.75) is 59.4 Å². The van der Waals surface area contributed by atoms with E-state index in [1.54, 1.807) is 4.68 Å². The molecule has 86 valence electrons. The lowest BCUT2D eigenvalue weighted by molar-refractivity contribution is 0.392. The summed E-state index contributed by atoms with van der Waals surface area (Å²) in [5, 5.41) is 14.5. The number of hydrogen-bond donors (Lipinski definition) is 1. The van der Waals surface area contributed by atoms with Gasteiger partial charge in [0.15, 0.2) is 0 Å². The van der Waals surface area contributed by atoms with E-state index in [9.17, 15) is 5.11 Å². The first kappa shape index (κ1) is 12.1.